The van der Waals surface area contributed by atoms with E-state index in [0.717, 1.165) is 25.7 Å². The lowest BCUT2D eigenvalue weighted by Crippen LogP contribution is -2.55. The number of carbonyl (C=O) groups excluding carboxylic acids is 1. The van der Waals surface area contributed by atoms with Crippen molar-refractivity contribution in [2.24, 2.45) is 5.73 Å². The van der Waals surface area contributed by atoms with E-state index in [9.17, 15) is 4.79 Å². The van der Waals surface area contributed by atoms with Gasteiger partial charge in [0.25, 0.3) is 0 Å². The molecule has 0 aromatic carbocycles. The first-order chi connectivity index (χ1) is 7.84. The number of hydrogen-bond acceptors (Lipinski definition) is 3. The van der Waals surface area contributed by atoms with E-state index >= 15 is 0 Å². The molecule has 0 heterocycles. The van der Waals surface area contributed by atoms with Gasteiger partial charge in [0.15, 0.2) is 0 Å². The molecule has 0 aliphatic heterocycles. The highest BCUT2D eigenvalue weighted by Crippen LogP contribution is 2.35. The number of hydrogen-bond donors (Lipinski definition) is 1. The van der Waals surface area contributed by atoms with Crippen LogP contribution in [0.15, 0.2) is 0 Å². The normalized spacial score (nSPS) is 19.1. The Labute approximate surface area is 104 Å². The molecule has 2 N–H and O–H groups in total. The molecule has 1 amide bonds. The van der Waals surface area contributed by atoms with Crippen LogP contribution < -0.4 is 5.73 Å². The van der Waals surface area contributed by atoms with Gasteiger partial charge in [-0.3, -0.25) is 0 Å². The fraction of sp³-hybridized carbons (Fsp3) is 0.923. The van der Waals surface area contributed by atoms with Crippen molar-refractivity contribution >= 4 is 6.09 Å². The van der Waals surface area contributed by atoms with Gasteiger partial charge >= 0.3 is 6.09 Å². The maximum Gasteiger partial charge on any atom is 0.410 e. The molecule has 4 nitrogen and oxygen atoms in total. The smallest absolute Gasteiger partial charge is 0.410 e. The molecule has 1 aliphatic carbocycles. The zero-order valence-electron chi connectivity index (χ0n) is 11.6. The highest BCUT2D eigenvalue weighted by molar-refractivity contribution is 5.69. The van der Waals surface area contributed by atoms with Crippen molar-refractivity contribution in [3.8, 4) is 0 Å². The minimum absolute atomic E-state index is 0.170. The molecular weight excluding hydrogens is 216 g/mol. The number of nitrogens with zero attached hydrogens (tertiary/aromatic N) is 1. The molecule has 1 rings (SSSR count). The molecule has 0 aromatic rings. The summed E-state index contributed by atoms with van der Waals surface area (Å²) in [4.78, 5) is 14.0. The second kappa shape index (κ2) is 5.25. The molecule has 0 aromatic heterocycles. The summed E-state index contributed by atoms with van der Waals surface area (Å²) in [6.45, 7) is 8.85. The predicted molar refractivity (Wildman–Crippen MR) is 68.9 cm³/mol. The molecule has 17 heavy (non-hydrogen) atoms. The lowest BCUT2D eigenvalue weighted by atomic mass is 9.95. The Morgan fingerprint density at radius 1 is 1.35 bits per heavy atom. The first-order valence-electron chi connectivity index (χ1n) is 6.55. The second-order valence-electron chi connectivity index (χ2n) is 5.86. The molecule has 0 atom stereocenters. The van der Waals surface area contributed by atoms with Gasteiger partial charge in [-0.25, -0.2) is 4.79 Å². The second-order valence-corrected chi connectivity index (χ2v) is 5.86. The topological polar surface area (TPSA) is 55.6 Å². The first kappa shape index (κ1) is 14.3. The van der Waals surface area contributed by atoms with E-state index in [1.54, 1.807) is 0 Å². The SMILES string of the molecule is CCN(C(=O)OC(C)(C)C)C1(CN)CCCC1. The molecular formula is C13H26N2O2. The van der Waals surface area contributed by atoms with Gasteiger partial charge in [-0.05, 0) is 40.5 Å². The Bertz CT molecular complexity index is 265. The number of amides is 1. The Morgan fingerprint density at radius 2 is 1.88 bits per heavy atom. The largest absolute Gasteiger partial charge is 0.444 e. The van der Waals surface area contributed by atoms with Crippen molar-refractivity contribution in [1.82, 2.24) is 4.90 Å². The first-order valence-corrected chi connectivity index (χ1v) is 6.55. The molecule has 100 valence electrons. The Morgan fingerprint density at radius 3 is 2.24 bits per heavy atom. The molecule has 1 saturated carbocycles. The molecule has 0 radical (unpaired) electrons. The van der Waals surface area contributed by atoms with Crippen molar-refractivity contribution in [2.45, 2.75) is 64.5 Å². The van der Waals surface area contributed by atoms with Gasteiger partial charge in [0.2, 0.25) is 0 Å². The molecule has 4 heteroatoms. The van der Waals surface area contributed by atoms with E-state index in [1.165, 1.54) is 0 Å². The van der Waals surface area contributed by atoms with Crippen LogP contribution in [-0.4, -0.2) is 35.2 Å². The van der Waals surface area contributed by atoms with Crippen molar-refractivity contribution in [3.05, 3.63) is 0 Å². The van der Waals surface area contributed by atoms with Crippen LogP contribution in [-0.2, 0) is 4.74 Å². The van der Waals surface area contributed by atoms with Crippen molar-refractivity contribution in [3.63, 3.8) is 0 Å². The number of ether oxygens (including phenoxy) is 1. The van der Waals surface area contributed by atoms with Crippen LogP contribution >= 0.6 is 0 Å². The maximum atomic E-state index is 12.2. The number of likely N-dealkylation sites (N-methyl/N-ethyl adjacent to an activating group) is 1. The van der Waals surface area contributed by atoms with Crippen LogP contribution in [0.5, 0.6) is 0 Å². The van der Waals surface area contributed by atoms with Crippen LogP contribution in [0.2, 0.25) is 0 Å². The van der Waals surface area contributed by atoms with Crippen LogP contribution in [0.3, 0.4) is 0 Å². The molecule has 0 bridgehead atoms. The van der Waals surface area contributed by atoms with Crippen molar-refractivity contribution in [1.29, 1.82) is 0 Å². The number of nitrogens with two attached hydrogens (primary N) is 1. The zero-order valence-corrected chi connectivity index (χ0v) is 11.6. The molecule has 0 unspecified atom stereocenters. The fourth-order valence-electron chi connectivity index (χ4n) is 2.59. The molecule has 1 aliphatic rings. The van der Waals surface area contributed by atoms with Gasteiger partial charge in [-0.15, -0.1) is 0 Å². The van der Waals surface area contributed by atoms with Gasteiger partial charge < -0.3 is 15.4 Å². The third-order valence-electron chi connectivity index (χ3n) is 3.42. The average Bonchev–Trinajstić information content (AvgIpc) is 2.66. The molecule has 0 spiro atoms. The van der Waals surface area contributed by atoms with Crippen LogP contribution in [0, 0.1) is 0 Å². The summed E-state index contributed by atoms with van der Waals surface area (Å²) < 4.78 is 5.46. The zero-order chi connectivity index (χ0) is 13.1. The average molecular weight is 242 g/mol. The van der Waals surface area contributed by atoms with Gasteiger partial charge in [-0.1, -0.05) is 12.8 Å². The lowest BCUT2D eigenvalue weighted by molar-refractivity contribution is 0.000576. The van der Waals surface area contributed by atoms with Gasteiger partial charge in [-0.2, -0.15) is 0 Å². The van der Waals surface area contributed by atoms with E-state index in [2.05, 4.69) is 0 Å². The Hall–Kier alpha value is -0.770. The van der Waals surface area contributed by atoms with E-state index in [-0.39, 0.29) is 11.6 Å². The van der Waals surface area contributed by atoms with Crippen LogP contribution in [0.25, 0.3) is 0 Å². The monoisotopic (exact) mass is 242 g/mol. The Balaban J connectivity index is 2.79. The minimum atomic E-state index is -0.446. The molecule has 0 saturated heterocycles. The third kappa shape index (κ3) is 3.35. The van der Waals surface area contributed by atoms with E-state index in [4.69, 9.17) is 10.5 Å². The third-order valence-corrected chi connectivity index (χ3v) is 3.42. The van der Waals surface area contributed by atoms with Crippen molar-refractivity contribution < 1.29 is 9.53 Å². The standard InChI is InChI=1S/C13H26N2O2/c1-5-15(11(16)17-12(2,3)4)13(10-14)8-6-7-9-13/h5-10,14H2,1-4H3. The van der Waals surface area contributed by atoms with Gasteiger partial charge in [0.05, 0.1) is 5.54 Å². The molecule has 1 fully saturated rings. The number of rotatable bonds is 3. The highest BCUT2D eigenvalue weighted by Gasteiger charge is 2.41. The summed E-state index contributed by atoms with van der Waals surface area (Å²) in [5.41, 5.74) is 5.28. The fourth-order valence-corrected chi connectivity index (χ4v) is 2.59. The summed E-state index contributed by atoms with van der Waals surface area (Å²) in [6, 6.07) is 0. The summed E-state index contributed by atoms with van der Waals surface area (Å²) in [6.07, 6.45) is 4.06. The van der Waals surface area contributed by atoms with E-state index in [1.807, 2.05) is 32.6 Å². The van der Waals surface area contributed by atoms with E-state index < -0.39 is 5.60 Å². The summed E-state index contributed by atoms with van der Waals surface area (Å²) in [5, 5.41) is 0. The predicted octanol–water partition coefficient (Wildman–Crippen LogP) is 2.51. The summed E-state index contributed by atoms with van der Waals surface area (Å²) in [7, 11) is 0. The summed E-state index contributed by atoms with van der Waals surface area (Å²) in [5.74, 6) is 0. The Kier molecular flexibility index (Phi) is 4.42. The lowest BCUT2D eigenvalue weighted by Gasteiger charge is -2.40. The number of carbonyl (C=O) groups is 1. The van der Waals surface area contributed by atoms with Crippen LogP contribution in [0.1, 0.15) is 53.4 Å². The van der Waals surface area contributed by atoms with E-state index in [0.29, 0.717) is 13.1 Å². The van der Waals surface area contributed by atoms with Crippen LogP contribution in [0.4, 0.5) is 4.79 Å². The van der Waals surface area contributed by atoms with Gasteiger partial charge in [0.1, 0.15) is 5.60 Å². The quantitative estimate of drug-likeness (QED) is 0.827. The maximum absolute atomic E-state index is 12.2. The van der Waals surface area contributed by atoms with Gasteiger partial charge in [0, 0.05) is 13.1 Å². The van der Waals surface area contributed by atoms with Crippen molar-refractivity contribution in [2.75, 3.05) is 13.1 Å². The summed E-state index contributed by atoms with van der Waals surface area (Å²) >= 11 is 0. The highest BCUT2D eigenvalue weighted by atomic mass is 16.6. The minimum Gasteiger partial charge on any atom is -0.444 e.